The molecule has 4 nitrogen and oxygen atoms in total. The van der Waals surface area contributed by atoms with Gasteiger partial charge >= 0.3 is 5.97 Å². The molecular formula is C12H17NO3. The Hall–Kier alpha value is -1.55. The van der Waals surface area contributed by atoms with E-state index in [0.29, 0.717) is 19.7 Å². The maximum absolute atomic E-state index is 10.6. The van der Waals surface area contributed by atoms with Crippen LogP contribution in [0.3, 0.4) is 0 Å². The minimum atomic E-state index is -0.779. The summed E-state index contributed by atoms with van der Waals surface area (Å²) in [6.45, 7) is 1.80. The van der Waals surface area contributed by atoms with Crippen LogP contribution in [0.1, 0.15) is 6.42 Å². The van der Waals surface area contributed by atoms with Crippen LogP contribution in [0.25, 0.3) is 0 Å². The Morgan fingerprint density at radius 2 is 2.00 bits per heavy atom. The van der Waals surface area contributed by atoms with Gasteiger partial charge in [-0.2, -0.15) is 0 Å². The van der Waals surface area contributed by atoms with Crippen molar-refractivity contribution in [2.75, 3.05) is 31.7 Å². The fourth-order valence-electron chi connectivity index (χ4n) is 1.44. The number of hydrogen-bond donors (Lipinski definition) is 1. The second kappa shape index (κ2) is 6.85. The maximum Gasteiger partial charge on any atom is 0.305 e. The number of hydrogen-bond acceptors (Lipinski definition) is 3. The normalized spacial score (nSPS) is 10.1. The lowest BCUT2D eigenvalue weighted by Gasteiger charge is -2.23. The summed E-state index contributed by atoms with van der Waals surface area (Å²) in [5, 5.41) is 8.68. The molecule has 0 amide bonds. The number of nitrogens with zero attached hydrogens (tertiary/aromatic N) is 1. The summed E-state index contributed by atoms with van der Waals surface area (Å²) in [6, 6.07) is 9.76. The number of para-hydroxylation sites is 1. The quantitative estimate of drug-likeness (QED) is 0.763. The molecule has 0 aliphatic heterocycles. The molecule has 0 aliphatic carbocycles. The lowest BCUT2D eigenvalue weighted by Crippen LogP contribution is -2.29. The number of carbonyl (C=O) groups is 1. The van der Waals surface area contributed by atoms with Crippen molar-refractivity contribution >= 4 is 11.7 Å². The van der Waals surface area contributed by atoms with Crippen LogP contribution in [0.2, 0.25) is 0 Å². The Morgan fingerprint density at radius 3 is 2.56 bits per heavy atom. The summed E-state index contributed by atoms with van der Waals surface area (Å²) in [5.41, 5.74) is 1.03. The van der Waals surface area contributed by atoms with Gasteiger partial charge < -0.3 is 14.7 Å². The number of benzene rings is 1. The van der Waals surface area contributed by atoms with E-state index in [1.54, 1.807) is 7.11 Å². The molecule has 0 aliphatic rings. The van der Waals surface area contributed by atoms with E-state index in [-0.39, 0.29) is 6.42 Å². The zero-order valence-corrected chi connectivity index (χ0v) is 9.43. The van der Waals surface area contributed by atoms with Crippen molar-refractivity contribution in [3.63, 3.8) is 0 Å². The number of anilines is 1. The molecular weight excluding hydrogens is 206 g/mol. The van der Waals surface area contributed by atoms with Gasteiger partial charge in [-0.05, 0) is 12.1 Å². The smallest absolute Gasteiger partial charge is 0.305 e. The monoisotopic (exact) mass is 223 g/mol. The van der Waals surface area contributed by atoms with Gasteiger partial charge in [-0.3, -0.25) is 4.79 Å². The first kappa shape index (κ1) is 12.5. The molecule has 4 heteroatoms. The SMILES string of the molecule is COCCN(CCC(=O)O)c1ccccc1. The van der Waals surface area contributed by atoms with E-state index < -0.39 is 5.97 Å². The van der Waals surface area contributed by atoms with E-state index in [1.165, 1.54) is 0 Å². The average molecular weight is 223 g/mol. The zero-order chi connectivity index (χ0) is 11.8. The van der Waals surface area contributed by atoms with Gasteiger partial charge in [-0.25, -0.2) is 0 Å². The van der Waals surface area contributed by atoms with Crippen LogP contribution in [-0.2, 0) is 9.53 Å². The molecule has 0 bridgehead atoms. The first-order valence-corrected chi connectivity index (χ1v) is 5.24. The van der Waals surface area contributed by atoms with E-state index in [2.05, 4.69) is 0 Å². The van der Waals surface area contributed by atoms with Crippen LogP contribution >= 0.6 is 0 Å². The Morgan fingerprint density at radius 1 is 1.31 bits per heavy atom. The standard InChI is InChI=1S/C12H17NO3/c1-16-10-9-13(8-7-12(14)15)11-5-3-2-4-6-11/h2-6H,7-10H2,1H3,(H,14,15). The van der Waals surface area contributed by atoms with Crippen LogP contribution in [0.5, 0.6) is 0 Å². The summed E-state index contributed by atoms with van der Waals surface area (Å²) < 4.78 is 5.01. The van der Waals surface area contributed by atoms with E-state index in [4.69, 9.17) is 9.84 Å². The summed E-state index contributed by atoms with van der Waals surface area (Å²) in [5.74, 6) is -0.779. The van der Waals surface area contributed by atoms with Crippen LogP contribution in [0, 0.1) is 0 Å². The highest BCUT2D eigenvalue weighted by molar-refractivity contribution is 5.67. The van der Waals surface area contributed by atoms with Gasteiger partial charge in [-0.15, -0.1) is 0 Å². The Labute approximate surface area is 95.5 Å². The zero-order valence-electron chi connectivity index (χ0n) is 9.43. The third-order valence-electron chi connectivity index (χ3n) is 2.28. The minimum Gasteiger partial charge on any atom is -0.481 e. The second-order valence-corrected chi connectivity index (χ2v) is 3.46. The van der Waals surface area contributed by atoms with E-state index in [0.717, 1.165) is 5.69 Å². The summed E-state index contributed by atoms with van der Waals surface area (Å²) in [4.78, 5) is 12.6. The van der Waals surface area contributed by atoms with Crippen molar-refractivity contribution in [2.45, 2.75) is 6.42 Å². The Balaban J connectivity index is 2.59. The minimum absolute atomic E-state index is 0.138. The first-order chi connectivity index (χ1) is 7.74. The molecule has 0 heterocycles. The van der Waals surface area contributed by atoms with Gasteiger partial charge in [0.05, 0.1) is 13.0 Å². The first-order valence-electron chi connectivity index (χ1n) is 5.24. The molecule has 1 aromatic rings. The third-order valence-corrected chi connectivity index (χ3v) is 2.28. The predicted octanol–water partition coefficient (Wildman–Crippen LogP) is 1.61. The fraction of sp³-hybridized carbons (Fsp3) is 0.417. The molecule has 0 saturated carbocycles. The number of methoxy groups -OCH3 is 1. The van der Waals surface area contributed by atoms with Crippen LogP contribution in [0.4, 0.5) is 5.69 Å². The van der Waals surface area contributed by atoms with Gasteiger partial charge in [0.25, 0.3) is 0 Å². The van der Waals surface area contributed by atoms with E-state index in [1.807, 2.05) is 35.2 Å². The lowest BCUT2D eigenvalue weighted by molar-refractivity contribution is -0.136. The molecule has 1 N–H and O–H groups in total. The van der Waals surface area contributed by atoms with Crippen molar-refractivity contribution in [3.8, 4) is 0 Å². The molecule has 0 fully saturated rings. The number of ether oxygens (including phenoxy) is 1. The summed E-state index contributed by atoms with van der Waals surface area (Å²) in [7, 11) is 1.64. The van der Waals surface area contributed by atoms with Gasteiger partial charge in [0, 0.05) is 25.9 Å². The van der Waals surface area contributed by atoms with Crippen LogP contribution in [-0.4, -0.2) is 37.9 Å². The average Bonchev–Trinajstić information content (AvgIpc) is 2.30. The topological polar surface area (TPSA) is 49.8 Å². The van der Waals surface area contributed by atoms with Gasteiger partial charge in [-0.1, -0.05) is 18.2 Å². The van der Waals surface area contributed by atoms with Crippen molar-refractivity contribution in [3.05, 3.63) is 30.3 Å². The van der Waals surface area contributed by atoms with Gasteiger partial charge in [0.15, 0.2) is 0 Å². The highest BCUT2D eigenvalue weighted by Gasteiger charge is 2.07. The number of carboxylic acids is 1. The van der Waals surface area contributed by atoms with E-state index >= 15 is 0 Å². The number of rotatable bonds is 7. The van der Waals surface area contributed by atoms with Crippen LogP contribution < -0.4 is 4.90 Å². The predicted molar refractivity (Wildman–Crippen MR) is 62.8 cm³/mol. The molecule has 0 aromatic heterocycles. The summed E-state index contributed by atoms with van der Waals surface area (Å²) >= 11 is 0. The summed E-state index contributed by atoms with van der Waals surface area (Å²) in [6.07, 6.45) is 0.138. The van der Waals surface area contributed by atoms with Crippen molar-refractivity contribution in [1.29, 1.82) is 0 Å². The molecule has 0 unspecified atom stereocenters. The molecule has 0 saturated heterocycles. The second-order valence-electron chi connectivity index (χ2n) is 3.46. The highest BCUT2D eigenvalue weighted by atomic mass is 16.5. The number of aliphatic carboxylic acids is 1. The third kappa shape index (κ3) is 4.31. The largest absolute Gasteiger partial charge is 0.481 e. The molecule has 1 rings (SSSR count). The van der Waals surface area contributed by atoms with Crippen molar-refractivity contribution < 1.29 is 14.6 Å². The van der Waals surface area contributed by atoms with Crippen molar-refractivity contribution in [2.24, 2.45) is 0 Å². The molecule has 16 heavy (non-hydrogen) atoms. The lowest BCUT2D eigenvalue weighted by atomic mass is 10.2. The van der Waals surface area contributed by atoms with Gasteiger partial charge in [0.1, 0.15) is 0 Å². The molecule has 0 radical (unpaired) electrons. The van der Waals surface area contributed by atoms with Crippen LogP contribution in [0.15, 0.2) is 30.3 Å². The van der Waals surface area contributed by atoms with E-state index in [9.17, 15) is 4.79 Å². The Bertz CT molecular complexity index is 313. The Kier molecular flexibility index (Phi) is 5.36. The highest BCUT2D eigenvalue weighted by Crippen LogP contribution is 2.13. The molecule has 1 aromatic carbocycles. The number of carboxylic acid groups (broad SMARTS) is 1. The molecule has 88 valence electrons. The fourth-order valence-corrected chi connectivity index (χ4v) is 1.44. The van der Waals surface area contributed by atoms with Gasteiger partial charge in [0.2, 0.25) is 0 Å². The maximum atomic E-state index is 10.6. The molecule has 0 atom stereocenters. The molecule has 0 spiro atoms. The van der Waals surface area contributed by atoms with Crippen molar-refractivity contribution in [1.82, 2.24) is 0 Å².